The van der Waals surface area contributed by atoms with E-state index in [2.05, 4.69) is 10.3 Å². The summed E-state index contributed by atoms with van der Waals surface area (Å²) in [5, 5.41) is 2.86. The number of ketones is 1. The first kappa shape index (κ1) is 21.3. The maximum absolute atomic E-state index is 13.3. The number of esters is 1. The molecule has 2 aromatic rings. The third-order valence-electron chi connectivity index (χ3n) is 5.76. The van der Waals surface area contributed by atoms with E-state index in [1.807, 2.05) is 45.0 Å². The van der Waals surface area contributed by atoms with Gasteiger partial charge in [0, 0.05) is 28.9 Å². The molecule has 2 heterocycles. The molecule has 0 aliphatic carbocycles. The van der Waals surface area contributed by atoms with Crippen LogP contribution in [0.4, 0.5) is 0 Å². The molecule has 3 rings (SSSR count). The van der Waals surface area contributed by atoms with Gasteiger partial charge in [-0.2, -0.15) is 0 Å². The summed E-state index contributed by atoms with van der Waals surface area (Å²) in [5.74, 6) is -0.537. The number of H-pyrrole nitrogens is 1. The number of amides is 1. The lowest BCUT2D eigenvalue weighted by molar-refractivity contribution is -0.140. The lowest BCUT2D eigenvalue weighted by Crippen LogP contribution is -2.15. The van der Waals surface area contributed by atoms with Crippen molar-refractivity contribution < 1.29 is 19.1 Å². The molecule has 156 valence electrons. The highest BCUT2D eigenvalue weighted by Gasteiger charge is 2.23. The van der Waals surface area contributed by atoms with Crippen molar-refractivity contribution in [1.29, 1.82) is 0 Å². The van der Waals surface area contributed by atoms with Gasteiger partial charge in [0.15, 0.2) is 0 Å². The van der Waals surface area contributed by atoms with E-state index >= 15 is 0 Å². The summed E-state index contributed by atoms with van der Waals surface area (Å²) in [6.45, 7) is 7.53. The van der Waals surface area contributed by atoms with Crippen LogP contribution in [0.15, 0.2) is 41.1 Å². The van der Waals surface area contributed by atoms with E-state index < -0.39 is 0 Å². The Kier molecular flexibility index (Phi) is 6.06. The van der Waals surface area contributed by atoms with Crippen LogP contribution in [-0.4, -0.2) is 29.8 Å². The third-order valence-corrected chi connectivity index (χ3v) is 5.76. The van der Waals surface area contributed by atoms with Crippen molar-refractivity contribution >= 4 is 23.7 Å². The molecule has 0 saturated heterocycles. The smallest absolute Gasteiger partial charge is 0.305 e. The number of hydrogen-bond donors (Lipinski definition) is 2. The number of nitrogens with one attached hydrogen (secondary N) is 2. The van der Waals surface area contributed by atoms with Gasteiger partial charge in [0.1, 0.15) is 0 Å². The van der Waals surface area contributed by atoms with Crippen LogP contribution in [0, 0.1) is 13.8 Å². The summed E-state index contributed by atoms with van der Waals surface area (Å²) < 4.78 is 4.71. The van der Waals surface area contributed by atoms with Crippen LogP contribution in [0.25, 0.3) is 6.08 Å². The molecule has 1 amide bonds. The Bertz CT molecular complexity index is 1100. The summed E-state index contributed by atoms with van der Waals surface area (Å²) in [7, 11) is 1.35. The van der Waals surface area contributed by atoms with Gasteiger partial charge in [-0.05, 0) is 62.5 Å². The average molecular weight is 406 g/mol. The van der Waals surface area contributed by atoms with Gasteiger partial charge in [0.25, 0.3) is 5.91 Å². The molecule has 0 radical (unpaired) electrons. The minimum Gasteiger partial charge on any atom is -0.469 e. The zero-order chi connectivity index (χ0) is 22.0. The van der Waals surface area contributed by atoms with Crippen molar-refractivity contribution in [2.75, 3.05) is 7.11 Å². The minimum absolute atomic E-state index is 0.101. The van der Waals surface area contributed by atoms with Gasteiger partial charge in [-0.3, -0.25) is 14.4 Å². The Labute approximate surface area is 176 Å². The van der Waals surface area contributed by atoms with Gasteiger partial charge in [-0.1, -0.05) is 24.3 Å². The molecule has 1 aliphatic heterocycles. The molecular weight excluding hydrogens is 380 g/mol. The Hall–Kier alpha value is -3.41. The zero-order valence-electron chi connectivity index (χ0n) is 17.9. The van der Waals surface area contributed by atoms with Crippen molar-refractivity contribution in [2.45, 2.75) is 40.5 Å². The van der Waals surface area contributed by atoms with Crippen molar-refractivity contribution in [2.24, 2.45) is 0 Å². The van der Waals surface area contributed by atoms with Crippen LogP contribution in [0.1, 0.15) is 58.7 Å². The van der Waals surface area contributed by atoms with Crippen LogP contribution in [0.5, 0.6) is 0 Å². The highest BCUT2D eigenvalue weighted by molar-refractivity contribution is 6.10. The average Bonchev–Trinajstić information content (AvgIpc) is 3.16. The number of ether oxygens (including phenoxy) is 1. The fraction of sp³-hybridized carbons (Fsp3) is 0.292. The second kappa shape index (κ2) is 8.53. The molecule has 1 aromatic carbocycles. The number of carbonyl (C=O) groups is 3. The number of rotatable bonds is 6. The molecule has 0 saturated carbocycles. The molecule has 30 heavy (non-hydrogen) atoms. The largest absolute Gasteiger partial charge is 0.469 e. The topological polar surface area (TPSA) is 88.3 Å². The summed E-state index contributed by atoms with van der Waals surface area (Å²) in [6.07, 6.45) is 2.51. The quantitative estimate of drug-likeness (QED) is 0.565. The number of benzene rings is 1. The second-order valence-corrected chi connectivity index (χ2v) is 7.49. The van der Waals surface area contributed by atoms with E-state index in [9.17, 15) is 14.4 Å². The van der Waals surface area contributed by atoms with Gasteiger partial charge in [-0.25, -0.2) is 0 Å². The van der Waals surface area contributed by atoms with Gasteiger partial charge in [0.2, 0.25) is 5.78 Å². The van der Waals surface area contributed by atoms with E-state index in [1.165, 1.54) is 7.11 Å². The SMILES string of the molecule is COC(=O)CCc1ccccc1C(=O)c1[nH]c(/C=C2\NC(=O)C(C)=C2C)c(C)c1C. The number of carbonyl (C=O) groups excluding carboxylic acids is 3. The van der Waals surface area contributed by atoms with Crippen molar-refractivity contribution in [3.8, 4) is 0 Å². The van der Waals surface area contributed by atoms with Crippen molar-refractivity contribution in [3.05, 3.63) is 74.8 Å². The van der Waals surface area contributed by atoms with Crippen LogP contribution >= 0.6 is 0 Å². The highest BCUT2D eigenvalue weighted by Crippen LogP contribution is 2.27. The van der Waals surface area contributed by atoms with Gasteiger partial charge in [-0.15, -0.1) is 0 Å². The molecule has 1 aromatic heterocycles. The normalized spacial score (nSPS) is 15.0. The Morgan fingerprint density at radius 1 is 1.03 bits per heavy atom. The van der Waals surface area contributed by atoms with E-state index in [-0.39, 0.29) is 24.1 Å². The van der Waals surface area contributed by atoms with Crippen molar-refractivity contribution in [3.63, 3.8) is 0 Å². The summed E-state index contributed by atoms with van der Waals surface area (Å²) in [6, 6.07) is 7.30. The molecule has 0 spiro atoms. The predicted octanol–water partition coefficient (Wildman–Crippen LogP) is 3.78. The first-order valence-corrected chi connectivity index (χ1v) is 9.84. The number of methoxy groups -OCH3 is 1. The molecule has 2 N–H and O–H groups in total. The third kappa shape index (κ3) is 3.99. The Morgan fingerprint density at radius 2 is 1.73 bits per heavy atom. The fourth-order valence-electron chi connectivity index (χ4n) is 3.49. The number of aromatic amines is 1. The summed E-state index contributed by atoms with van der Waals surface area (Å²) in [5.41, 5.74) is 6.79. The molecule has 0 bridgehead atoms. The molecule has 6 heteroatoms. The number of aromatic nitrogens is 1. The van der Waals surface area contributed by atoms with Crippen molar-refractivity contribution in [1.82, 2.24) is 10.3 Å². The maximum Gasteiger partial charge on any atom is 0.305 e. The number of allylic oxidation sites excluding steroid dienone is 1. The number of aryl methyl sites for hydroxylation is 1. The maximum atomic E-state index is 13.3. The van der Waals surface area contributed by atoms with Gasteiger partial charge >= 0.3 is 5.97 Å². The summed E-state index contributed by atoms with van der Waals surface area (Å²) in [4.78, 5) is 40.0. The molecule has 6 nitrogen and oxygen atoms in total. The molecular formula is C24H26N2O4. The monoisotopic (exact) mass is 406 g/mol. The second-order valence-electron chi connectivity index (χ2n) is 7.49. The van der Waals surface area contributed by atoms with Gasteiger partial charge < -0.3 is 15.0 Å². The van der Waals surface area contributed by atoms with Crippen LogP contribution in [-0.2, 0) is 20.7 Å². The molecule has 0 fully saturated rings. The van der Waals surface area contributed by atoms with E-state index in [0.717, 1.165) is 33.7 Å². The molecule has 0 atom stereocenters. The lowest BCUT2D eigenvalue weighted by atomic mass is 9.96. The first-order valence-electron chi connectivity index (χ1n) is 9.84. The van der Waals surface area contributed by atoms with Crippen LogP contribution in [0.3, 0.4) is 0 Å². The Morgan fingerprint density at radius 3 is 2.37 bits per heavy atom. The summed E-state index contributed by atoms with van der Waals surface area (Å²) >= 11 is 0. The standard InChI is InChI=1S/C24H26N2O4/c1-13-15(3)22(25-19(13)12-20-14(2)16(4)24(29)26-20)23(28)18-9-7-6-8-17(18)10-11-21(27)30-5/h6-9,12,25H,10-11H2,1-5H3,(H,26,29)/b20-12-. The number of hydrogen-bond acceptors (Lipinski definition) is 4. The Balaban J connectivity index is 1.95. The van der Waals surface area contributed by atoms with Gasteiger partial charge in [0.05, 0.1) is 12.8 Å². The molecule has 1 aliphatic rings. The first-order chi connectivity index (χ1) is 14.2. The van der Waals surface area contributed by atoms with E-state index in [4.69, 9.17) is 4.74 Å². The minimum atomic E-state index is -0.310. The van der Waals surface area contributed by atoms with E-state index in [1.54, 1.807) is 13.0 Å². The van der Waals surface area contributed by atoms with Crippen LogP contribution < -0.4 is 5.32 Å². The van der Waals surface area contributed by atoms with Crippen LogP contribution in [0.2, 0.25) is 0 Å². The predicted molar refractivity (Wildman–Crippen MR) is 115 cm³/mol. The fourth-order valence-corrected chi connectivity index (χ4v) is 3.49. The lowest BCUT2D eigenvalue weighted by Gasteiger charge is -2.08. The zero-order valence-corrected chi connectivity index (χ0v) is 17.9. The molecule has 0 unspecified atom stereocenters. The highest BCUT2D eigenvalue weighted by atomic mass is 16.5. The van der Waals surface area contributed by atoms with E-state index in [0.29, 0.717) is 23.3 Å².